The Morgan fingerprint density at radius 1 is 0.675 bits per heavy atom. The van der Waals surface area contributed by atoms with E-state index in [0.29, 0.717) is 0 Å². The molecule has 0 N–H and O–H groups in total. The molecule has 0 spiro atoms. The van der Waals surface area contributed by atoms with Crippen molar-refractivity contribution in [1.29, 1.82) is 0 Å². The van der Waals surface area contributed by atoms with Crippen LogP contribution >= 0.6 is 0 Å². The first-order chi connectivity index (χ1) is 18.6. The lowest BCUT2D eigenvalue weighted by atomic mass is 9.79. The SMILES string of the molecule is CCCCC(C)(C)c1nnc(-c2cccc(C)c2)n1-c1ccc(-c2cc(C(C)(C)C)cc(C(C)(C)C)c2)cc1C. The first kappa shape index (κ1) is 29.8. The average molecular weight is 536 g/mol. The van der Waals surface area contributed by atoms with Crippen LogP contribution in [-0.4, -0.2) is 14.8 Å². The molecular weight excluding hydrogens is 486 g/mol. The molecule has 40 heavy (non-hydrogen) atoms. The molecule has 0 bridgehead atoms. The van der Waals surface area contributed by atoms with Gasteiger partial charge in [0.2, 0.25) is 0 Å². The van der Waals surface area contributed by atoms with Gasteiger partial charge in [0.15, 0.2) is 5.82 Å². The van der Waals surface area contributed by atoms with Crippen molar-refractivity contribution in [3.63, 3.8) is 0 Å². The number of unbranched alkanes of at least 4 members (excludes halogenated alkanes) is 1. The Bertz CT molecular complexity index is 1460. The van der Waals surface area contributed by atoms with Crippen LogP contribution < -0.4 is 0 Å². The van der Waals surface area contributed by atoms with Gasteiger partial charge in [-0.3, -0.25) is 4.57 Å². The molecule has 1 aromatic heterocycles. The summed E-state index contributed by atoms with van der Waals surface area (Å²) in [5.41, 5.74) is 10.0. The molecule has 0 atom stereocenters. The summed E-state index contributed by atoms with van der Waals surface area (Å²) in [6.45, 7) is 25.0. The Kier molecular flexibility index (Phi) is 8.18. The highest BCUT2D eigenvalue weighted by Crippen LogP contribution is 2.37. The van der Waals surface area contributed by atoms with E-state index < -0.39 is 0 Å². The van der Waals surface area contributed by atoms with E-state index in [-0.39, 0.29) is 16.2 Å². The Balaban J connectivity index is 1.90. The van der Waals surface area contributed by atoms with E-state index in [9.17, 15) is 0 Å². The molecular formula is C37H49N3. The molecule has 1 heterocycles. The second-order valence-corrected chi connectivity index (χ2v) is 14.3. The van der Waals surface area contributed by atoms with Crippen LogP contribution in [0.15, 0.2) is 60.7 Å². The molecule has 3 aromatic carbocycles. The zero-order valence-corrected chi connectivity index (χ0v) is 26.7. The Labute approximate surface area is 243 Å². The van der Waals surface area contributed by atoms with Crippen LogP contribution in [0.5, 0.6) is 0 Å². The number of aryl methyl sites for hydroxylation is 2. The lowest BCUT2D eigenvalue weighted by molar-refractivity contribution is 0.425. The Morgan fingerprint density at radius 2 is 1.32 bits per heavy atom. The molecule has 0 radical (unpaired) electrons. The molecule has 3 heteroatoms. The van der Waals surface area contributed by atoms with Crippen molar-refractivity contribution in [2.45, 2.75) is 112 Å². The predicted octanol–water partition coefficient (Wildman–Crippen LogP) is 10.3. The van der Waals surface area contributed by atoms with E-state index >= 15 is 0 Å². The van der Waals surface area contributed by atoms with E-state index in [2.05, 4.69) is 141 Å². The van der Waals surface area contributed by atoms with Crippen LogP contribution in [0.25, 0.3) is 28.2 Å². The van der Waals surface area contributed by atoms with E-state index in [1.807, 2.05) is 0 Å². The van der Waals surface area contributed by atoms with Crippen LogP contribution in [0.2, 0.25) is 0 Å². The summed E-state index contributed by atoms with van der Waals surface area (Å²) in [5, 5.41) is 9.63. The first-order valence-electron chi connectivity index (χ1n) is 14.9. The highest BCUT2D eigenvalue weighted by atomic mass is 15.3. The maximum Gasteiger partial charge on any atom is 0.168 e. The van der Waals surface area contributed by atoms with Gasteiger partial charge in [-0.1, -0.05) is 123 Å². The lowest BCUT2D eigenvalue weighted by Crippen LogP contribution is -2.23. The number of aromatic nitrogens is 3. The number of rotatable bonds is 7. The van der Waals surface area contributed by atoms with Gasteiger partial charge in [0.1, 0.15) is 5.82 Å². The van der Waals surface area contributed by atoms with Crippen molar-refractivity contribution >= 4 is 0 Å². The van der Waals surface area contributed by atoms with Crippen LogP contribution in [0, 0.1) is 13.8 Å². The molecule has 0 unspecified atom stereocenters. The van der Waals surface area contributed by atoms with Gasteiger partial charge in [0.25, 0.3) is 0 Å². The zero-order chi connectivity index (χ0) is 29.5. The van der Waals surface area contributed by atoms with Crippen molar-refractivity contribution in [3.8, 4) is 28.2 Å². The summed E-state index contributed by atoms with van der Waals surface area (Å²) >= 11 is 0. The van der Waals surface area contributed by atoms with Crippen molar-refractivity contribution in [3.05, 3.63) is 88.7 Å². The average Bonchev–Trinajstić information content (AvgIpc) is 3.32. The van der Waals surface area contributed by atoms with Gasteiger partial charge in [-0.05, 0) is 77.1 Å². The second-order valence-electron chi connectivity index (χ2n) is 14.3. The Morgan fingerprint density at radius 3 is 1.88 bits per heavy atom. The molecule has 212 valence electrons. The molecule has 0 saturated carbocycles. The van der Waals surface area contributed by atoms with Gasteiger partial charge in [-0.15, -0.1) is 10.2 Å². The second kappa shape index (κ2) is 11.0. The third kappa shape index (κ3) is 6.24. The van der Waals surface area contributed by atoms with Crippen molar-refractivity contribution < 1.29 is 0 Å². The van der Waals surface area contributed by atoms with Crippen LogP contribution in [0.1, 0.15) is 110 Å². The predicted molar refractivity (Wildman–Crippen MR) is 172 cm³/mol. The van der Waals surface area contributed by atoms with Gasteiger partial charge in [0, 0.05) is 11.0 Å². The highest BCUT2D eigenvalue weighted by Gasteiger charge is 2.30. The molecule has 3 nitrogen and oxygen atoms in total. The molecule has 0 aliphatic carbocycles. The summed E-state index contributed by atoms with van der Waals surface area (Å²) in [6.07, 6.45) is 3.40. The first-order valence-corrected chi connectivity index (χ1v) is 14.9. The molecule has 4 rings (SSSR count). The van der Waals surface area contributed by atoms with E-state index in [1.54, 1.807) is 0 Å². The standard InChI is InChI=1S/C37H49N3/c1-12-13-19-37(10,11)34-39-38-33(28-16-14-15-25(2)20-28)40(34)32-18-17-27(21-26(32)3)29-22-30(35(4,5)6)24-31(23-29)36(7,8)9/h14-18,20-24H,12-13,19H2,1-11H3. The van der Waals surface area contributed by atoms with Crippen LogP contribution in [-0.2, 0) is 16.2 Å². The van der Waals surface area contributed by atoms with E-state index in [4.69, 9.17) is 10.2 Å². The monoisotopic (exact) mass is 535 g/mol. The zero-order valence-electron chi connectivity index (χ0n) is 26.7. The van der Waals surface area contributed by atoms with Gasteiger partial charge < -0.3 is 0 Å². The summed E-state index contributed by atoms with van der Waals surface area (Å²) in [4.78, 5) is 0. The third-order valence-electron chi connectivity index (χ3n) is 8.14. The number of hydrogen-bond donors (Lipinski definition) is 0. The number of nitrogens with zero attached hydrogens (tertiary/aromatic N) is 3. The highest BCUT2D eigenvalue weighted by molar-refractivity contribution is 5.70. The van der Waals surface area contributed by atoms with Crippen LogP contribution in [0.3, 0.4) is 0 Å². The topological polar surface area (TPSA) is 30.7 Å². The van der Waals surface area contributed by atoms with E-state index in [1.165, 1.54) is 39.8 Å². The molecule has 0 saturated heterocycles. The van der Waals surface area contributed by atoms with Crippen LogP contribution in [0.4, 0.5) is 0 Å². The molecule has 4 aromatic rings. The number of hydrogen-bond acceptors (Lipinski definition) is 2. The molecule has 0 amide bonds. The molecule has 0 aliphatic rings. The summed E-state index contributed by atoms with van der Waals surface area (Å²) in [5.74, 6) is 1.93. The van der Waals surface area contributed by atoms with E-state index in [0.717, 1.165) is 35.7 Å². The van der Waals surface area contributed by atoms with Crippen molar-refractivity contribution in [2.75, 3.05) is 0 Å². The third-order valence-corrected chi connectivity index (χ3v) is 8.14. The van der Waals surface area contributed by atoms with Crippen molar-refractivity contribution in [2.24, 2.45) is 0 Å². The number of benzene rings is 3. The normalized spacial score (nSPS) is 12.7. The largest absolute Gasteiger partial charge is 0.278 e. The van der Waals surface area contributed by atoms with Gasteiger partial charge in [-0.25, -0.2) is 0 Å². The maximum absolute atomic E-state index is 4.84. The fourth-order valence-electron chi connectivity index (χ4n) is 5.40. The fraction of sp³-hybridized carbons (Fsp3) is 0.459. The quantitative estimate of drug-likeness (QED) is 0.236. The summed E-state index contributed by atoms with van der Waals surface area (Å²) in [7, 11) is 0. The van der Waals surface area contributed by atoms with Gasteiger partial charge in [-0.2, -0.15) is 0 Å². The van der Waals surface area contributed by atoms with Gasteiger partial charge in [0.05, 0.1) is 5.69 Å². The lowest BCUT2D eigenvalue weighted by Gasteiger charge is -2.27. The summed E-state index contributed by atoms with van der Waals surface area (Å²) in [6, 6.07) is 22.6. The molecule has 0 aliphatic heterocycles. The summed E-state index contributed by atoms with van der Waals surface area (Å²) < 4.78 is 2.32. The Hall–Kier alpha value is -3.20. The van der Waals surface area contributed by atoms with Gasteiger partial charge >= 0.3 is 0 Å². The minimum atomic E-state index is -0.0984. The smallest absolute Gasteiger partial charge is 0.168 e. The maximum atomic E-state index is 4.84. The molecule has 0 fully saturated rings. The minimum absolute atomic E-state index is 0.0785. The minimum Gasteiger partial charge on any atom is -0.278 e. The fourth-order valence-corrected chi connectivity index (χ4v) is 5.40. The van der Waals surface area contributed by atoms with Crippen molar-refractivity contribution in [1.82, 2.24) is 14.8 Å².